The van der Waals surface area contributed by atoms with Gasteiger partial charge >= 0.3 is 113 Å². The van der Waals surface area contributed by atoms with Crippen LogP contribution in [0.3, 0.4) is 0 Å². The van der Waals surface area contributed by atoms with Gasteiger partial charge in [-0.15, -0.1) is 0 Å². The topological polar surface area (TPSA) is 32.3 Å². The molecule has 0 amide bonds. The Morgan fingerprint density at radius 1 is 1.29 bits per heavy atom. The van der Waals surface area contributed by atoms with Gasteiger partial charge in [-0.05, 0) is 0 Å². The molecule has 1 atom stereocenters. The molecule has 0 aliphatic rings. The molecule has 1 aromatic rings. The Morgan fingerprint density at radius 2 is 1.93 bits per heavy atom. The summed E-state index contributed by atoms with van der Waals surface area (Å²) in [6.45, 7) is 0.217. The minimum absolute atomic E-state index is 0.217. The summed E-state index contributed by atoms with van der Waals surface area (Å²) in [7, 11) is 0. The first-order valence-corrected chi connectivity index (χ1v) is 17.8. The SMILES string of the molecule is OC[C@@H](Cc1ccccc1)NI(I)I. The number of hydrogen-bond donors (Lipinski definition) is 2. The van der Waals surface area contributed by atoms with Crippen molar-refractivity contribution in [2.75, 3.05) is 6.61 Å². The monoisotopic (exact) mass is 531 g/mol. The Labute approximate surface area is 111 Å². The van der Waals surface area contributed by atoms with E-state index in [0.717, 1.165) is 6.42 Å². The number of aliphatic hydroxyl groups excluding tert-OH is 1. The molecule has 14 heavy (non-hydrogen) atoms. The van der Waals surface area contributed by atoms with Crippen molar-refractivity contribution in [1.29, 1.82) is 0 Å². The normalized spacial score (nSPS) is 13.8. The molecule has 80 valence electrons. The zero-order valence-corrected chi connectivity index (χ0v) is 13.9. The molecule has 1 rings (SSSR count). The van der Waals surface area contributed by atoms with Crippen LogP contribution in [0.1, 0.15) is 5.56 Å². The van der Waals surface area contributed by atoms with Gasteiger partial charge in [-0.2, -0.15) is 0 Å². The van der Waals surface area contributed by atoms with Crippen LogP contribution < -0.4 is 3.53 Å². The number of benzene rings is 1. The van der Waals surface area contributed by atoms with Crippen LogP contribution in [0.4, 0.5) is 0 Å². The molecule has 2 N–H and O–H groups in total. The summed E-state index contributed by atoms with van der Waals surface area (Å²) in [6.07, 6.45) is 0.914. The van der Waals surface area contributed by atoms with E-state index in [1.165, 1.54) is 5.56 Å². The van der Waals surface area contributed by atoms with Crippen molar-refractivity contribution in [1.82, 2.24) is 3.53 Å². The predicted molar refractivity (Wildman–Crippen MR) is 86.2 cm³/mol. The van der Waals surface area contributed by atoms with Gasteiger partial charge in [-0.1, -0.05) is 0 Å². The van der Waals surface area contributed by atoms with E-state index in [-0.39, 0.29) is 12.6 Å². The summed E-state index contributed by atoms with van der Waals surface area (Å²) in [5, 5.41) is 9.19. The van der Waals surface area contributed by atoms with E-state index in [0.29, 0.717) is 0 Å². The van der Waals surface area contributed by atoms with Crippen molar-refractivity contribution >= 4 is 49.4 Å². The van der Waals surface area contributed by atoms with E-state index in [4.69, 9.17) is 0 Å². The van der Waals surface area contributed by atoms with Gasteiger partial charge in [0.15, 0.2) is 0 Å². The molecule has 0 aliphatic carbocycles. The summed E-state index contributed by atoms with van der Waals surface area (Å²) < 4.78 is 3.46. The van der Waals surface area contributed by atoms with Gasteiger partial charge in [-0.3, -0.25) is 0 Å². The van der Waals surface area contributed by atoms with Crippen LogP contribution in [-0.4, -0.2) is 17.8 Å². The molecule has 5 heteroatoms. The first kappa shape index (κ1) is 13.4. The van der Waals surface area contributed by atoms with Crippen LogP contribution in [0, 0.1) is 0 Å². The average molecular weight is 531 g/mol. The fourth-order valence-corrected chi connectivity index (χ4v) is 6.70. The molecular formula is C9H12I3NO. The molecule has 0 aliphatic heterocycles. The van der Waals surface area contributed by atoms with Crippen LogP contribution in [0.5, 0.6) is 0 Å². The molecular weight excluding hydrogens is 519 g/mol. The number of rotatable bonds is 5. The van der Waals surface area contributed by atoms with Crippen LogP contribution in [0.25, 0.3) is 0 Å². The van der Waals surface area contributed by atoms with Gasteiger partial charge in [0.25, 0.3) is 0 Å². The summed E-state index contributed by atoms with van der Waals surface area (Å²) in [4.78, 5) is 0. The van der Waals surface area contributed by atoms with Crippen LogP contribution in [-0.2, 0) is 6.42 Å². The first-order valence-electron chi connectivity index (χ1n) is 4.16. The van der Waals surface area contributed by atoms with Crippen molar-refractivity contribution in [3.05, 3.63) is 35.9 Å². The molecule has 0 saturated carbocycles. The Hall–Kier alpha value is 1.33. The summed E-state index contributed by atoms with van der Waals surface area (Å²) in [5.74, 6) is 0. The molecule has 0 radical (unpaired) electrons. The Balaban J connectivity index is 2.48. The third kappa shape index (κ3) is 5.42. The quantitative estimate of drug-likeness (QED) is 0.452. The zero-order valence-electron chi connectivity index (χ0n) is 7.46. The van der Waals surface area contributed by atoms with Gasteiger partial charge in [0, 0.05) is 0 Å². The second kappa shape index (κ2) is 7.58. The number of halogens is 3. The summed E-state index contributed by atoms with van der Waals surface area (Å²) in [6, 6.07) is 10.5. The maximum absolute atomic E-state index is 9.19. The van der Waals surface area contributed by atoms with E-state index in [9.17, 15) is 5.11 Å². The Bertz CT molecular complexity index is 255. The molecule has 0 spiro atoms. The summed E-state index contributed by atoms with van der Waals surface area (Å²) >= 11 is 3.88. The fourth-order valence-electron chi connectivity index (χ4n) is 1.15. The standard InChI is InChI=1S/C9H12I3NO/c10-12(11)13-9(7-14)6-8-4-2-1-3-5-8/h1-5,9,13-14H,6-7H2/t9-/m1/s1. The van der Waals surface area contributed by atoms with E-state index >= 15 is 0 Å². The van der Waals surface area contributed by atoms with Gasteiger partial charge in [0.2, 0.25) is 0 Å². The Kier molecular flexibility index (Phi) is 7.25. The van der Waals surface area contributed by atoms with E-state index in [2.05, 4.69) is 52.9 Å². The molecule has 0 bridgehead atoms. The molecule has 0 saturated heterocycles. The van der Waals surface area contributed by atoms with E-state index in [1.807, 2.05) is 18.2 Å². The van der Waals surface area contributed by atoms with Crippen LogP contribution in [0.2, 0.25) is 0 Å². The van der Waals surface area contributed by atoms with Gasteiger partial charge in [-0.25, -0.2) is 0 Å². The molecule has 2 nitrogen and oxygen atoms in total. The van der Waals surface area contributed by atoms with Gasteiger partial charge < -0.3 is 0 Å². The number of aliphatic hydroxyl groups is 1. The molecule has 0 unspecified atom stereocenters. The van der Waals surface area contributed by atoms with Crippen molar-refractivity contribution < 1.29 is 5.11 Å². The van der Waals surface area contributed by atoms with Crippen LogP contribution >= 0.6 is 49.4 Å². The zero-order chi connectivity index (χ0) is 10.4. The molecule has 0 fully saturated rings. The third-order valence-electron chi connectivity index (χ3n) is 1.78. The van der Waals surface area contributed by atoms with Crippen molar-refractivity contribution in [3.63, 3.8) is 0 Å². The molecule has 0 heterocycles. The predicted octanol–water partition coefficient (Wildman–Crippen LogP) is 3.30. The number of hydrogen-bond acceptors (Lipinski definition) is 2. The minimum atomic E-state index is -1.01. The van der Waals surface area contributed by atoms with Crippen molar-refractivity contribution in [2.45, 2.75) is 12.5 Å². The second-order valence-electron chi connectivity index (χ2n) is 2.88. The van der Waals surface area contributed by atoms with E-state index in [1.54, 1.807) is 0 Å². The second-order valence-corrected chi connectivity index (χ2v) is 26.0. The Morgan fingerprint density at radius 3 is 2.43 bits per heavy atom. The molecule has 1 aromatic carbocycles. The third-order valence-corrected chi connectivity index (χ3v) is 6.29. The fraction of sp³-hybridized carbons (Fsp3) is 0.333. The van der Waals surface area contributed by atoms with E-state index < -0.39 is 12.1 Å². The molecule has 0 aromatic heterocycles. The van der Waals surface area contributed by atoms with Gasteiger partial charge in [0.05, 0.1) is 0 Å². The average Bonchev–Trinajstić information content (AvgIpc) is 2.17. The van der Waals surface area contributed by atoms with Gasteiger partial charge in [0.1, 0.15) is 0 Å². The van der Waals surface area contributed by atoms with Crippen molar-refractivity contribution in [2.24, 2.45) is 0 Å². The maximum atomic E-state index is 9.19. The van der Waals surface area contributed by atoms with Crippen LogP contribution in [0.15, 0.2) is 30.3 Å². The summed E-state index contributed by atoms with van der Waals surface area (Å²) in [5.41, 5.74) is 1.28. The first-order chi connectivity index (χ1) is 6.72. The van der Waals surface area contributed by atoms with Crippen molar-refractivity contribution in [3.8, 4) is 0 Å². The number of nitrogens with one attached hydrogen (secondary N) is 1.